The number of carbonyl (C=O) groups is 1. The number of ether oxygens (including phenoxy) is 3. The van der Waals surface area contributed by atoms with Gasteiger partial charge < -0.3 is 24.2 Å². The Morgan fingerprint density at radius 2 is 1.93 bits per heavy atom. The fourth-order valence-corrected chi connectivity index (χ4v) is 3.10. The van der Waals surface area contributed by atoms with Gasteiger partial charge in [-0.25, -0.2) is 0 Å². The van der Waals surface area contributed by atoms with E-state index in [1.807, 2.05) is 53.2 Å². The van der Waals surface area contributed by atoms with Gasteiger partial charge in [-0.05, 0) is 30.7 Å². The van der Waals surface area contributed by atoms with Crippen LogP contribution in [0.4, 0.5) is 0 Å². The Bertz CT molecular complexity index is 1010. The molecule has 2 aromatic carbocycles. The molecule has 0 saturated heterocycles. The third kappa shape index (κ3) is 4.87. The average Bonchev–Trinajstić information content (AvgIpc) is 3.08. The summed E-state index contributed by atoms with van der Waals surface area (Å²) in [5.74, 6) is 1.11. The van der Waals surface area contributed by atoms with E-state index in [1.165, 1.54) is 0 Å². The monoisotopic (exact) mass is 395 g/mol. The van der Waals surface area contributed by atoms with Crippen molar-refractivity contribution >= 4 is 23.1 Å². The number of nitrogens with zero attached hydrogens (tertiary/aromatic N) is 2. The molecule has 1 N–H and O–H groups in total. The zero-order valence-corrected chi connectivity index (χ0v) is 16.8. The smallest absolute Gasteiger partial charge is 0.325 e. The molecule has 3 rings (SSSR count). The lowest BCUT2D eigenvalue weighted by Crippen LogP contribution is -2.12. The Kier molecular flexibility index (Phi) is 6.73. The molecule has 0 saturated carbocycles. The minimum Gasteiger partial charge on any atom is -0.493 e. The predicted molar refractivity (Wildman–Crippen MR) is 113 cm³/mol. The van der Waals surface area contributed by atoms with Gasteiger partial charge in [0.25, 0.3) is 0 Å². The Morgan fingerprint density at radius 3 is 2.69 bits per heavy atom. The second-order valence-corrected chi connectivity index (χ2v) is 6.32. The minimum atomic E-state index is -0.261. The van der Waals surface area contributed by atoms with Crippen LogP contribution in [-0.2, 0) is 22.6 Å². The van der Waals surface area contributed by atoms with E-state index in [9.17, 15) is 4.79 Å². The maximum Gasteiger partial charge on any atom is 0.325 e. The van der Waals surface area contributed by atoms with Crippen molar-refractivity contribution in [2.24, 2.45) is 5.10 Å². The van der Waals surface area contributed by atoms with Crippen LogP contribution in [0.2, 0.25) is 0 Å². The van der Waals surface area contributed by atoms with E-state index in [-0.39, 0.29) is 12.5 Å². The van der Waals surface area contributed by atoms with Crippen LogP contribution < -0.4 is 14.9 Å². The molecule has 7 heteroatoms. The van der Waals surface area contributed by atoms with E-state index in [2.05, 4.69) is 10.5 Å². The topological polar surface area (TPSA) is 74.1 Å². The number of hydrogen-bond donors (Lipinski definition) is 1. The Morgan fingerprint density at radius 1 is 1.14 bits per heavy atom. The first-order valence-corrected chi connectivity index (χ1v) is 9.36. The van der Waals surface area contributed by atoms with Gasteiger partial charge >= 0.3 is 5.97 Å². The van der Waals surface area contributed by atoms with E-state index in [0.29, 0.717) is 24.7 Å². The number of methoxy groups -OCH3 is 2. The first kappa shape index (κ1) is 20.3. The van der Waals surface area contributed by atoms with E-state index in [1.54, 1.807) is 27.4 Å². The van der Waals surface area contributed by atoms with Crippen molar-refractivity contribution in [2.75, 3.05) is 20.8 Å². The van der Waals surface area contributed by atoms with Gasteiger partial charge in [-0.3, -0.25) is 4.79 Å². The van der Waals surface area contributed by atoms with Crippen LogP contribution in [0.1, 0.15) is 18.1 Å². The van der Waals surface area contributed by atoms with Gasteiger partial charge in [0.2, 0.25) is 0 Å². The van der Waals surface area contributed by atoms with Crippen LogP contribution in [0, 0.1) is 0 Å². The molecule has 29 heavy (non-hydrogen) atoms. The first-order valence-electron chi connectivity index (χ1n) is 9.36. The molecule has 1 heterocycles. The third-order valence-corrected chi connectivity index (χ3v) is 4.45. The van der Waals surface area contributed by atoms with Gasteiger partial charge in [0, 0.05) is 22.7 Å². The number of rotatable bonds is 9. The highest BCUT2D eigenvalue weighted by atomic mass is 16.5. The number of hydrazone groups is 1. The van der Waals surface area contributed by atoms with E-state index >= 15 is 0 Å². The van der Waals surface area contributed by atoms with Gasteiger partial charge in [0.15, 0.2) is 11.5 Å². The van der Waals surface area contributed by atoms with Crippen LogP contribution in [-0.4, -0.2) is 37.6 Å². The van der Waals surface area contributed by atoms with Crippen molar-refractivity contribution in [3.8, 4) is 11.5 Å². The fraction of sp³-hybridized carbons (Fsp3) is 0.273. The number of hydrogen-bond acceptors (Lipinski definition) is 6. The average molecular weight is 395 g/mol. The maximum absolute atomic E-state index is 11.9. The van der Waals surface area contributed by atoms with Crippen molar-refractivity contribution in [3.05, 3.63) is 59.8 Å². The van der Waals surface area contributed by atoms with Crippen molar-refractivity contribution < 1.29 is 19.0 Å². The fourth-order valence-electron chi connectivity index (χ4n) is 3.10. The maximum atomic E-state index is 11.9. The number of nitrogens with one attached hydrogen (secondary N) is 1. The summed E-state index contributed by atoms with van der Waals surface area (Å²) >= 11 is 0. The van der Waals surface area contributed by atoms with E-state index in [0.717, 1.165) is 22.0 Å². The molecule has 0 aliphatic heterocycles. The van der Waals surface area contributed by atoms with Gasteiger partial charge in [0.05, 0.1) is 33.6 Å². The minimum absolute atomic E-state index is 0.168. The van der Waals surface area contributed by atoms with Crippen molar-refractivity contribution in [1.82, 2.24) is 9.99 Å². The zero-order chi connectivity index (χ0) is 20.6. The van der Waals surface area contributed by atoms with Crippen LogP contribution in [0.25, 0.3) is 10.9 Å². The molecule has 0 unspecified atom stereocenters. The molecular weight excluding hydrogens is 370 g/mol. The molecule has 1 aromatic heterocycles. The lowest BCUT2D eigenvalue weighted by Gasteiger charge is -2.09. The number of esters is 1. The first-order chi connectivity index (χ1) is 14.2. The lowest BCUT2D eigenvalue weighted by molar-refractivity contribution is -0.143. The molecule has 0 atom stereocenters. The Labute approximate surface area is 169 Å². The van der Waals surface area contributed by atoms with E-state index < -0.39 is 0 Å². The highest BCUT2D eigenvalue weighted by Crippen LogP contribution is 2.27. The standard InChI is InChI=1S/C22H25N3O4/c1-4-29-22(26)15-25-14-17(18-7-5-6-8-19(18)25)13-24-23-12-16-9-10-20(27-2)21(11-16)28-3/h5-11,13-14,23H,4,12,15H2,1-3H3/b24-13-. The zero-order valence-electron chi connectivity index (χ0n) is 16.8. The molecule has 0 amide bonds. The number of aromatic nitrogens is 1. The van der Waals surface area contributed by atoms with Gasteiger partial charge in [-0.2, -0.15) is 5.10 Å². The number of carbonyl (C=O) groups excluding carboxylic acids is 1. The van der Waals surface area contributed by atoms with Crippen LogP contribution in [0.15, 0.2) is 53.8 Å². The summed E-state index contributed by atoms with van der Waals surface area (Å²) in [7, 11) is 3.22. The highest BCUT2D eigenvalue weighted by molar-refractivity contribution is 5.99. The molecule has 0 aliphatic rings. The second kappa shape index (κ2) is 9.64. The third-order valence-electron chi connectivity index (χ3n) is 4.45. The highest BCUT2D eigenvalue weighted by Gasteiger charge is 2.10. The molecule has 0 fully saturated rings. The summed E-state index contributed by atoms with van der Waals surface area (Å²) in [6, 6.07) is 13.6. The van der Waals surface area contributed by atoms with Crippen LogP contribution >= 0.6 is 0 Å². The number of para-hydroxylation sites is 1. The lowest BCUT2D eigenvalue weighted by atomic mass is 10.2. The number of benzene rings is 2. The Hall–Kier alpha value is -3.48. The number of fused-ring (bicyclic) bond motifs is 1. The predicted octanol–water partition coefficient (Wildman–Crippen LogP) is 3.35. The normalized spacial score (nSPS) is 11.0. The largest absolute Gasteiger partial charge is 0.493 e. The summed E-state index contributed by atoms with van der Waals surface area (Å²) in [6.45, 7) is 2.87. The molecule has 0 spiro atoms. The molecule has 3 aromatic rings. The van der Waals surface area contributed by atoms with E-state index in [4.69, 9.17) is 14.2 Å². The van der Waals surface area contributed by atoms with Gasteiger partial charge in [-0.15, -0.1) is 0 Å². The van der Waals surface area contributed by atoms with Crippen LogP contribution in [0.5, 0.6) is 11.5 Å². The Balaban J connectivity index is 1.71. The van der Waals surface area contributed by atoms with Gasteiger partial charge in [-0.1, -0.05) is 24.3 Å². The molecule has 7 nitrogen and oxygen atoms in total. The quantitative estimate of drug-likeness (QED) is 0.342. The van der Waals surface area contributed by atoms with Crippen LogP contribution in [0.3, 0.4) is 0 Å². The summed E-state index contributed by atoms with van der Waals surface area (Å²) in [6.07, 6.45) is 3.66. The van der Waals surface area contributed by atoms with Crippen molar-refractivity contribution in [1.29, 1.82) is 0 Å². The molecule has 0 radical (unpaired) electrons. The molecule has 152 valence electrons. The summed E-state index contributed by atoms with van der Waals surface area (Å²) < 4.78 is 17.5. The summed E-state index contributed by atoms with van der Waals surface area (Å²) in [5.41, 5.74) is 5.95. The molecule has 0 bridgehead atoms. The SMILES string of the molecule is CCOC(=O)Cn1cc(/C=N\NCc2ccc(OC)c(OC)c2)c2ccccc21. The molecular formula is C22H25N3O4. The van der Waals surface area contributed by atoms with Crippen molar-refractivity contribution in [2.45, 2.75) is 20.0 Å². The van der Waals surface area contributed by atoms with Gasteiger partial charge in [0.1, 0.15) is 6.54 Å². The second-order valence-electron chi connectivity index (χ2n) is 6.32. The summed E-state index contributed by atoms with van der Waals surface area (Å²) in [4.78, 5) is 11.9. The van der Waals surface area contributed by atoms with Crippen molar-refractivity contribution in [3.63, 3.8) is 0 Å². The molecule has 0 aliphatic carbocycles. The summed E-state index contributed by atoms with van der Waals surface area (Å²) in [5, 5.41) is 5.36.